The molecule has 0 atom stereocenters. The predicted molar refractivity (Wildman–Crippen MR) is 89.5 cm³/mol. The molecule has 0 aliphatic carbocycles. The summed E-state index contributed by atoms with van der Waals surface area (Å²) in [7, 11) is -3.01. The summed E-state index contributed by atoms with van der Waals surface area (Å²) in [6.07, 6.45) is 6.22. The number of likely N-dealkylation sites (tertiary alicyclic amines) is 1. The highest BCUT2D eigenvalue weighted by atomic mass is 32.2. The summed E-state index contributed by atoms with van der Waals surface area (Å²) in [6.45, 7) is 0.992. The van der Waals surface area contributed by atoms with E-state index in [0.717, 1.165) is 5.69 Å². The second-order valence-corrected chi connectivity index (χ2v) is 8.28. The smallest absolute Gasteiger partial charge is 0.253 e. The van der Waals surface area contributed by atoms with Crippen molar-refractivity contribution in [2.24, 2.45) is 0 Å². The molecule has 1 saturated heterocycles. The van der Waals surface area contributed by atoms with Crippen LogP contribution in [0.3, 0.4) is 0 Å². The van der Waals surface area contributed by atoms with Crippen LogP contribution in [0.2, 0.25) is 0 Å². The molecule has 1 aromatic carbocycles. The molecule has 1 aromatic heterocycles. The fraction of sp³-hybridized carbons (Fsp3) is 0.353. The standard InChI is InChI=1S/C17H20N2O3S/c1-23(21,22)16-8-12-19(13-9-16)17(20)14-4-6-15(7-5-14)18-10-2-3-11-18/h2-7,10-11,16H,8-9,12-13H2,1H3. The van der Waals surface area contributed by atoms with Crippen LogP contribution in [-0.4, -0.2) is 48.4 Å². The number of hydrogen-bond donors (Lipinski definition) is 0. The van der Waals surface area contributed by atoms with Gasteiger partial charge in [0.15, 0.2) is 0 Å². The Morgan fingerprint density at radius 3 is 2.13 bits per heavy atom. The molecule has 0 saturated carbocycles. The average molecular weight is 332 g/mol. The minimum atomic E-state index is -3.01. The summed E-state index contributed by atoms with van der Waals surface area (Å²) in [6, 6.07) is 11.4. The van der Waals surface area contributed by atoms with Crippen LogP contribution in [0.25, 0.3) is 5.69 Å². The minimum Gasteiger partial charge on any atom is -0.339 e. The predicted octanol–water partition coefficient (Wildman–Crippen LogP) is 2.13. The largest absolute Gasteiger partial charge is 0.339 e. The van der Waals surface area contributed by atoms with E-state index in [1.54, 1.807) is 4.90 Å². The average Bonchev–Trinajstić information content (AvgIpc) is 3.08. The number of benzene rings is 1. The number of carbonyl (C=O) groups is 1. The highest BCUT2D eigenvalue weighted by Crippen LogP contribution is 2.19. The Bertz CT molecular complexity index is 772. The van der Waals surface area contributed by atoms with E-state index in [0.29, 0.717) is 31.5 Å². The molecule has 3 rings (SSSR count). The zero-order valence-electron chi connectivity index (χ0n) is 13.1. The highest BCUT2D eigenvalue weighted by Gasteiger charge is 2.29. The first-order valence-electron chi connectivity index (χ1n) is 7.67. The quantitative estimate of drug-likeness (QED) is 0.865. The molecule has 0 radical (unpaired) electrons. The second kappa shape index (κ2) is 6.20. The Morgan fingerprint density at radius 1 is 1.04 bits per heavy atom. The van der Waals surface area contributed by atoms with E-state index in [-0.39, 0.29) is 11.2 Å². The number of aromatic nitrogens is 1. The number of carbonyl (C=O) groups excluding carboxylic acids is 1. The Morgan fingerprint density at radius 2 is 1.61 bits per heavy atom. The van der Waals surface area contributed by atoms with Crippen molar-refractivity contribution in [3.8, 4) is 5.69 Å². The zero-order valence-corrected chi connectivity index (χ0v) is 13.9. The maximum Gasteiger partial charge on any atom is 0.253 e. The summed E-state index contributed by atoms with van der Waals surface area (Å²) in [5, 5.41) is -0.317. The summed E-state index contributed by atoms with van der Waals surface area (Å²) < 4.78 is 25.1. The van der Waals surface area contributed by atoms with Gasteiger partial charge in [0.05, 0.1) is 5.25 Å². The molecule has 0 spiro atoms. The minimum absolute atomic E-state index is 0.0315. The molecule has 122 valence electrons. The van der Waals surface area contributed by atoms with Crippen molar-refractivity contribution in [2.45, 2.75) is 18.1 Å². The molecule has 5 nitrogen and oxygen atoms in total. The van der Waals surface area contributed by atoms with Crippen LogP contribution in [0.4, 0.5) is 0 Å². The van der Waals surface area contributed by atoms with Gasteiger partial charge in [0, 0.05) is 43.0 Å². The molecule has 0 N–H and O–H groups in total. The Balaban J connectivity index is 1.67. The molecule has 6 heteroatoms. The monoisotopic (exact) mass is 332 g/mol. The van der Waals surface area contributed by atoms with Crippen LogP contribution in [0.1, 0.15) is 23.2 Å². The summed E-state index contributed by atoms with van der Waals surface area (Å²) in [5.41, 5.74) is 1.64. The summed E-state index contributed by atoms with van der Waals surface area (Å²) >= 11 is 0. The van der Waals surface area contributed by atoms with Gasteiger partial charge in [-0.05, 0) is 49.2 Å². The molecule has 1 aliphatic heterocycles. The lowest BCUT2D eigenvalue weighted by Crippen LogP contribution is -2.42. The maximum atomic E-state index is 12.5. The van der Waals surface area contributed by atoms with Gasteiger partial charge < -0.3 is 9.47 Å². The van der Waals surface area contributed by atoms with Crippen LogP contribution in [0.5, 0.6) is 0 Å². The second-order valence-electron chi connectivity index (χ2n) is 5.96. The number of sulfone groups is 1. The van der Waals surface area contributed by atoms with Crippen LogP contribution < -0.4 is 0 Å². The first-order valence-corrected chi connectivity index (χ1v) is 9.62. The molecule has 23 heavy (non-hydrogen) atoms. The lowest BCUT2D eigenvalue weighted by Gasteiger charge is -2.31. The molecule has 0 unspecified atom stereocenters. The van der Waals surface area contributed by atoms with Gasteiger partial charge in [-0.25, -0.2) is 8.42 Å². The van der Waals surface area contributed by atoms with Crippen molar-refractivity contribution >= 4 is 15.7 Å². The molecule has 1 fully saturated rings. The van der Waals surface area contributed by atoms with Gasteiger partial charge in [0.25, 0.3) is 5.91 Å². The number of piperidine rings is 1. The van der Waals surface area contributed by atoms with Crippen molar-refractivity contribution in [1.29, 1.82) is 0 Å². The van der Waals surface area contributed by atoms with Gasteiger partial charge >= 0.3 is 0 Å². The SMILES string of the molecule is CS(=O)(=O)C1CCN(C(=O)c2ccc(-n3cccc3)cc2)CC1. The Hall–Kier alpha value is -2.08. The van der Waals surface area contributed by atoms with Gasteiger partial charge in [-0.3, -0.25) is 4.79 Å². The van der Waals surface area contributed by atoms with E-state index in [9.17, 15) is 13.2 Å². The first kappa shape index (κ1) is 15.8. The Labute approximate surface area is 136 Å². The number of rotatable bonds is 3. The van der Waals surface area contributed by atoms with E-state index >= 15 is 0 Å². The fourth-order valence-electron chi connectivity index (χ4n) is 2.95. The molecule has 1 aliphatic rings. The van der Waals surface area contributed by atoms with Crippen molar-refractivity contribution in [3.05, 3.63) is 54.4 Å². The third-order valence-corrected chi connectivity index (χ3v) is 6.03. The van der Waals surface area contributed by atoms with Crippen molar-refractivity contribution in [1.82, 2.24) is 9.47 Å². The fourth-order valence-corrected chi connectivity index (χ4v) is 4.02. The molecule has 1 amide bonds. The lowest BCUT2D eigenvalue weighted by molar-refractivity contribution is 0.0726. The van der Waals surface area contributed by atoms with Crippen LogP contribution in [-0.2, 0) is 9.84 Å². The van der Waals surface area contributed by atoms with Crippen LogP contribution >= 0.6 is 0 Å². The van der Waals surface area contributed by atoms with Crippen molar-refractivity contribution in [3.63, 3.8) is 0 Å². The normalized spacial score (nSPS) is 16.5. The summed E-state index contributed by atoms with van der Waals surface area (Å²) in [4.78, 5) is 14.3. The van der Waals surface area contributed by atoms with Gasteiger partial charge in [-0.15, -0.1) is 0 Å². The van der Waals surface area contributed by atoms with E-state index in [4.69, 9.17) is 0 Å². The van der Waals surface area contributed by atoms with E-state index in [1.165, 1.54) is 6.26 Å². The molecule has 0 bridgehead atoms. The van der Waals surface area contributed by atoms with Crippen molar-refractivity contribution in [2.75, 3.05) is 19.3 Å². The van der Waals surface area contributed by atoms with Gasteiger partial charge in [-0.2, -0.15) is 0 Å². The van der Waals surface area contributed by atoms with Crippen LogP contribution in [0.15, 0.2) is 48.8 Å². The lowest BCUT2D eigenvalue weighted by atomic mass is 10.1. The van der Waals surface area contributed by atoms with E-state index in [2.05, 4.69) is 0 Å². The topological polar surface area (TPSA) is 59.4 Å². The number of hydrogen-bond acceptors (Lipinski definition) is 3. The zero-order chi connectivity index (χ0) is 16.4. The maximum absolute atomic E-state index is 12.5. The Kier molecular flexibility index (Phi) is 4.26. The summed E-state index contributed by atoms with van der Waals surface area (Å²) in [5.74, 6) is -0.0315. The first-order chi connectivity index (χ1) is 10.9. The van der Waals surface area contributed by atoms with Crippen molar-refractivity contribution < 1.29 is 13.2 Å². The molecule has 2 heterocycles. The third-order valence-electron chi connectivity index (χ3n) is 4.35. The van der Waals surface area contributed by atoms with E-state index in [1.807, 2.05) is 53.4 Å². The number of nitrogens with zero attached hydrogens (tertiary/aromatic N) is 2. The number of amides is 1. The molecular weight excluding hydrogens is 312 g/mol. The van der Waals surface area contributed by atoms with Gasteiger partial charge in [0.2, 0.25) is 0 Å². The molecular formula is C17H20N2O3S. The van der Waals surface area contributed by atoms with Gasteiger partial charge in [0.1, 0.15) is 9.84 Å². The van der Waals surface area contributed by atoms with Crippen LogP contribution in [0, 0.1) is 0 Å². The van der Waals surface area contributed by atoms with Gasteiger partial charge in [-0.1, -0.05) is 0 Å². The third kappa shape index (κ3) is 3.47. The van der Waals surface area contributed by atoms with E-state index < -0.39 is 9.84 Å². The highest BCUT2D eigenvalue weighted by molar-refractivity contribution is 7.91. The molecule has 2 aromatic rings.